The molecule has 0 spiro atoms. The van der Waals surface area contributed by atoms with Crippen LogP contribution in [0, 0.1) is 11.3 Å². The quantitative estimate of drug-likeness (QED) is 0.824. The molecule has 1 aromatic heterocycles. The lowest BCUT2D eigenvalue weighted by Crippen LogP contribution is -2.25. The fraction of sp³-hybridized carbons (Fsp3) is 0.714. The molecule has 0 aromatic carbocycles. The summed E-state index contributed by atoms with van der Waals surface area (Å²) in [5.74, 6) is 2.40. The molecular weight excluding hydrogens is 290 g/mol. The van der Waals surface area contributed by atoms with Gasteiger partial charge in [-0.25, -0.2) is 9.97 Å². The highest BCUT2D eigenvalue weighted by Gasteiger charge is 2.19. The number of aryl methyl sites for hydroxylation is 1. The van der Waals surface area contributed by atoms with Gasteiger partial charge < -0.3 is 5.32 Å². The molecule has 1 atom stereocenters. The van der Waals surface area contributed by atoms with Crippen LogP contribution in [0.5, 0.6) is 0 Å². The monoisotopic (exact) mass is 313 g/mol. The van der Waals surface area contributed by atoms with E-state index in [0.29, 0.717) is 11.3 Å². The van der Waals surface area contributed by atoms with E-state index in [2.05, 4.69) is 65.8 Å². The van der Waals surface area contributed by atoms with E-state index in [0.717, 1.165) is 35.6 Å². The number of nitrogens with zero attached hydrogens (tertiary/aromatic N) is 2. The summed E-state index contributed by atoms with van der Waals surface area (Å²) in [6, 6.07) is 1.94. The lowest BCUT2D eigenvalue weighted by atomic mass is 9.82. The summed E-state index contributed by atoms with van der Waals surface area (Å²) in [5.41, 5.74) is 0.309. The Morgan fingerprint density at radius 2 is 2.00 bits per heavy atom. The second-order valence-corrected chi connectivity index (χ2v) is 6.70. The smallest absolute Gasteiger partial charge is 0.132 e. The average molecular weight is 314 g/mol. The molecule has 1 unspecified atom stereocenters. The van der Waals surface area contributed by atoms with Crippen molar-refractivity contribution >= 4 is 21.7 Å². The number of hydrogen-bond acceptors (Lipinski definition) is 3. The minimum atomic E-state index is 0.309. The zero-order chi connectivity index (χ0) is 13.8. The van der Waals surface area contributed by atoms with Crippen LogP contribution in [0.2, 0.25) is 0 Å². The molecule has 0 radical (unpaired) electrons. The predicted molar refractivity (Wildman–Crippen MR) is 80.8 cm³/mol. The Bertz CT molecular complexity index is 385. The zero-order valence-electron chi connectivity index (χ0n) is 12.0. The third kappa shape index (κ3) is 4.92. The Hall–Kier alpha value is -0.640. The molecule has 0 aliphatic heterocycles. The zero-order valence-corrected chi connectivity index (χ0v) is 13.6. The molecule has 102 valence electrons. The van der Waals surface area contributed by atoms with Crippen molar-refractivity contribution in [2.24, 2.45) is 11.3 Å². The van der Waals surface area contributed by atoms with Gasteiger partial charge in [-0.2, -0.15) is 0 Å². The number of halogens is 1. The van der Waals surface area contributed by atoms with Gasteiger partial charge in [-0.3, -0.25) is 0 Å². The standard InChI is InChI=1S/C14H24BrN3/c1-6-7-12-17-11(15)8-13(18-12)16-9-10(2)14(3,4)5/h8,10H,6-7,9H2,1-5H3,(H,16,17,18). The highest BCUT2D eigenvalue weighted by atomic mass is 79.9. The first kappa shape index (κ1) is 15.4. The van der Waals surface area contributed by atoms with Gasteiger partial charge in [0.1, 0.15) is 16.2 Å². The summed E-state index contributed by atoms with van der Waals surface area (Å²) < 4.78 is 0.854. The summed E-state index contributed by atoms with van der Waals surface area (Å²) in [6.07, 6.45) is 1.98. The molecule has 0 fully saturated rings. The third-order valence-corrected chi connectivity index (χ3v) is 3.69. The Balaban J connectivity index is 2.67. The summed E-state index contributed by atoms with van der Waals surface area (Å²) >= 11 is 3.44. The van der Waals surface area contributed by atoms with Crippen molar-refractivity contribution in [2.75, 3.05) is 11.9 Å². The fourth-order valence-corrected chi connectivity index (χ4v) is 1.88. The Morgan fingerprint density at radius 3 is 2.56 bits per heavy atom. The maximum atomic E-state index is 4.53. The predicted octanol–water partition coefficient (Wildman–Crippen LogP) is 4.29. The fourth-order valence-electron chi connectivity index (χ4n) is 1.45. The summed E-state index contributed by atoms with van der Waals surface area (Å²) in [5, 5.41) is 3.41. The van der Waals surface area contributed by atoms with Crippen molar-refractivity contribution in [3.8, 4) is 0 Å². The molecule has 4 heteroatoms. The molecule has 18 heavy (non-hydrogen) atoms. The van der Waals surface area contributed by atoms with Gasteiger partial charge in [0.05, 0.1) is 0 Å². The number of hydrogen-bond donors (Lipinski definition) is 1. The first-order chi connectivity index (χ1) is 8.32. The number of aromatic nitrogens is 2. The highest BCUT2D eigenvalue weighted by molar-refractivity contribution is 9.10. The number of rotatable bonds is 5. The minimum absolute atomic E-state index is 0.309. The number of anilines is 1. The van der Waals surface area contributed by atoms with Crippen LogP contribution in [-0.2, 0) is 6.42 Å². The Morgan fingerprint density at radius 1 is 1.33 bits per heavy atom. The Kier molecular flexibility index (Phi) is 5.57. The maximum Gasteiger partial charge on any atom is 0.132 e. The van der Waals surface area contributed by atoms with E-state index in [-0.39, 0.29) is 0 Å². The van der Waals surface area contributed by atoms with E-state index >= 15 is 0 Å². The molecule has 0 saturated carbocycles. The van der Waals surface area contributed by atoms with Gasteiger partial charge in [0.15, 0.2) is 0 Å². The summed E-state index contributed by atoms with van der Waals surface area (Å²) in [7, 11) is 0. The highest BCUT2D eigenvalue weighted by Crippen LogP contribution is 2.25. The third-order valence-electron chi connectivity index (χ3n) is 3.28. The van der Waals surface area contributed by atoms with Crippen LogP contribution in [0.25, 0.3) is 0 Å². The van der Waals surface area contributed by atoms with Gasteiger partial charge in [0.25, 0.3) is 0 Å². The van der Waals surface area contributed by atoms with Crippen LogP contribution in [0.3, 0.4) is 0 Å². The van der Waals surface area contributed by atoms with E-state index in [9.17, 15) is 0 Å². The second kappa shape index (κ2) is 6.50. The van der Waals surface area contributed by atoms with Crippen molar-refractivity contribution in [1.82, 2.24) is 9.97 Å². The SMILES string of the molecule is CCCc1nc(Br)cc(NCC(C)C(C)(C)C)n1. The van der Waals surface area contributed by atoms with Crippen LogP contribution in [0.4, 0.5) is 5.82 Å². The summed E-state index contributed by atoms with van der Waals surface area (Å²) in [4.78, 5) is 8.89. The van der Waals surface area contributed by atoms with E-state index < -0.39 is 0 Å². The lowest BCUT2D eigenvalue weighted by molar-refractivity contribution is 0.274. The molecule has 0 aliphatic rings. The molecule has 0 amide bonds. The van der Waals surface area contributed by atoms with Gasteiger partial charge in [-0.1, -0.05) is 34.6 Å². The van der Waals surface area contributed by atoms with Crippen molar-refractivity contribution in [1.29, 1.82) is 0 Å². The molecule has 1 N–H and O–H groups in total. The van der Waals surface area contributed by atoms with Crippen molar-refractivity contribution in [3.63, 3.8) is 0 Å². The molecule has 1 aromatic rings. The van der Waals surface area contributed by atoms with Gasteiger partial charge in [-0.15, -0.1) is 0 Å². The number of nitrogens with one attached hydrogen (secondary N) is 1. The van der Waals surface area contributed by atoms with E-state index in [1.165, 1.54) is 0 Å². The normalized spacial score (nSPS) is 13.4. The van der Waals surface area contributed by atoms with Crippen LogP contribution in [0.1, 0.15) is 46.9 Å². The van der Waals surface area contributed by atoms with Gasteiger partial charge >= 0.3 is 0 Å². The maximum absolute atomic E-state index is 4.53. The van der Waals surface area contributed by atoms with Gasteiger partial charge in [0, 0.05) is 19.0 Å². The minimum Gasteiger partial charge on any atom is -0.370 e. The molecule has 0 bridgehead atoms. The van der Waals surface area contributed by atoms with E-state index in [1.54, 1.807) is 0 Å². The second-order valence-electron chi connectivity index (χ2n) is 5.89. The molecule has 1 heterocycles. The van der Waals surface area contributed by atoms with E-state index in [4.69, 9.17) is 0 Å². The van der Waals surface area contributed by atoms with Crippen LogP contribution in [-0.4, -0.2) is 16.5 Å². The molecule has 0 aliphatic carbocycles. The largest absolute Gasteiger partial charge is 0.370 e. The van der Waals surface area contributed by atoms with Crippen molar-refractivity contribution in [3.05, 3.63) is 16.5 Å². The topological polar surface area (TPSA) is 37.8 Å². The van der Waals surface area contributed by atoms with Crippen molar-refractivity contribution < 1.29 is 0 Å². The van der Waals surface area contributed by atoms with Gasteiger partial charge in [-0.05, 0) is 33.7 Å². The lowest BCUT2D eigenvalue weighted by Gasteiger charge is -2.27. The first-order valence-corrected chi connectivity index (χ1v) is 7.39. The molecular formula is C14H24BrN3. The molecule has 0 saturated heterocycles. The van der Waals surface area contributed by atoms with Gasteiger partial charge in [0.2, 0.25) is 0 Å². The molecule has 3 nitrogen and oxygen atoms in total. The van der Waals surface area contributed by atoms with Crippen LogP contribution in [0.15, 0.2) is 10.7 Å². The van der Waals surface area contributed by atoms with E-state index in [1.807, 2.05) is 6.07 Å². The molecule has 1 rings (SSSR count). The Labute approximate surface area is 119 Å². The average Bonchev–Trinajstić information content (AvgIpc) is 2.24. The van der Waals surface area contributed by atoms with Crippen LogP contribution >= 0.6 is 15.9 Å². The van der Waals surface area contributed by atoms with Crippen molar-refractivity contribution in [2.45, 2.75) is 47.5 Å². The summed E-state index contributed by atoms with van der Waals surface area (Å²) in [6.45, 7) is 12.1. The first-order valence-electron chi connectivity index (χ1n) is 6.60. The van der Waals surface area contributed by atoms with Crippen LogP contribution < -0.4 is 5.32 Å².